The summed E-state index contributed by atoms with van der Waals surface area (Å²) in [4.78, 5) is 12.1. The fourth-order valence-electron chi connectivity index (χ4n) is 2.57. The quantitative estimate of drug-likeness (QED) is 0.856. The molecular formula is C14H23N3O. The highest BCUT2D eigenvalue weighted by molar-refractivity contribution is 5.41. The van der Waals surface area contributed by atoms with Crippen molar-refractivity contribution in [2.45, 2.75) is 39.3 Å². The summed E-state index contributed by atoms with van der Waals surface area (Å²) in [6.45, 7) is 8.35. The van der Waals surface area contributed by atoms with Gasteiger partial charge >= 0.3 is 0 Å². The van der Waals surface area contributed by atoms with E-state index in [0.717, 1.165) is 25.2 Å². The van der Waals surface area contributed by atoms with E-state index in [2.05, 4.69) is 31.4 Å². The summed E-state index contributed by atoms with van der Waals surface area (Å²) in [5, 5.41) is 6.61. The Morgan fingerprint density at radius 1 is 1.44 bits per heavy atom. The van der Waals surface area contributed by atoms with Gasteiger partial charge in [0.2, 0.25) is 0 Å². The van der Waals surface area contributed by atoms with Crippen LogP contribution >= 0.6 is 0 Å². The first-order chi connectivity index (χ1) is 8.58. The number of hydrogen-bond acceptors (Lipinski definition) is 3. The van der Waals surface area contributed by atoms with Gasteiger partial charge in [0.05, 0.1) is 0 Å². The molecule has 1 aliphatic heterocycles. The Hall–Kier alpha value is -1.29. The molecular weight excluding hydrogens is 226 g/mol. The Bertz CT molecular complexity index is 447. The fraction of sp³-hybridized carbons (Fsp3) is 0.643. The average molecular weight is 249 g/mol. The normalized spacial score (nSPS) is 21.2. The molecule has 1 aromatic rings. The molecule has 4 heteroatoms. The van der Waals surface area contributed by atoms with E-state index in [1.165, 1.54) is 0 Å². The number of nitrogens with zero attached hydrogens (tertiary/aromatic N) is 1. The van der Waals surface area contributed by atoms with Gasteiger partial charge < -0.3 is 15.2 Å². The van der Waals surface area contributed by atoms with Gasteiger partial charge in [0, 0.05) is 30.0 Å². The van der Waals surface area contributed by atoms with Crippen molar-refractivity contribution >= 4 is 5.69 Å². The molecule has 2 N–H and O–H groups in total. The second kappa shape index (κ2) is 5.57. The van der Waals surface area contributed by atoms with Crippen LogP contribution in [0.2, 0.25) is 0 Å². The second-order valence-corrected chi connectivity index (χ2v) is 5.45. The number of hydrogen-bond donors (Lipinski definition) is 2. The van der Waals surface area contributed by atoms with E-state index in [9.17, 15) is 4.79 Å². The molecule has 2 unspecified atom stereocenters. The van der Waals surface area contributed by atoms with Crippen molar-refractivity contribution in [3.05, 3.63) is 28.7 Å². The monoisotopic (exact) mass is 249 g/mol. The predicted molar refractivity (Wildman–Crippen MR) is 75.1 cm³/mol. The van der Waals surface area contributed by atoms with Crippen LogP contribution in [0, 0.1) is 5.92 Å². The lowest BCUT2D eigenvalue weighted by Crippen LogP contribution is -2.28. The van der Waals surface area contributed by atoms with Gasteiger partial charge in [-0.05, 0) is 52.3 Å². The molecule has 0 amide bonds. The molecule has 100 valence electrons. The highest BCUT2D eigenvalue weighted by Gasteiger charge is 2.22. The summed E-state index contributed by atoms with van der Waals surface area (Å²) < 4.78 is 1.85. The highest BCUT2D eigenvalue weighted by Crippen LogP contribution is 2.22. The standard InChI is InChI=1S/C14H23N3O/c1-10(2)16-13-5-7-17(14(18)8-13)11(3)12-4-6-15-9-12/h5,7-8,10-12,15-16H,4,6,9H2,1-3H3. The number of aromatic nitrogens is 1. The Morgan fingerprint density at radius 2 is 2.22 bits per heavy atom. The van der Waals surface area contributed by atoms with Crippen LogP contribution in [0.1, 0.15) is 33.2 Å². The molecule has 4 nitrogen and oxygen atoms in total. The van der Waals surface area contributed by atoms with Gasteiger partial charge in [0.1, 0.15) is 0 Å². The summed E-state index contributed by atoms with van der Waals surface area (Å²) in [5.41, 5.74) is 0.989. The maximum absolute atomic E-state index is 12.1. The van der Waals surface area contributed by atoms with Crippen LogP contribution in [0.4, 0.5) is 5.69 Å². The van der Waals surface area contributed by atoms with Crippen molar-refractivity contribution in [3.63, 3.8) is 0 Å². The van der Waals surface area contributed by atoms with Gasteiger partial charge in [0.25, 0.3) is 5.56 Å². The Labute approximate surface area is 108 Å². The minimum atomic E-state index is 0.0834. The van der Waals surface area contributed by atoms with Crippen LogP contribution in [0.25, 0.3) is 0 Å². The van der Waals surface area contributed by atoms with Gasteiger partial charge in [-0.1, -0.05) is 0 Å². The lowest BCUT2D eigenvalue weighted by Gasteiger charge is -2.21. The summed E-state index contributed by atoms with van der Waals surface area (Å²) in [7, 11) is 0. The molecule has 0 aliphatic carbocycles. The van der Waals surface area contributed by atoms with Crippen molar-refractivity contribution in [3.8, 4) is 0 Å². The zero-order valence-corrected chi connectivity index (χ0v) is 11.4. The lowest BCUT2D eigenvalue weighted by atomic mass is 10.0. The van der Waals surface area contributed by atoms with Crippen LogP contribution in [-0.4, -0.2) is 23.7 Å². The Balaban J connectivity index is 2.16. The first-order valence-electron chi connectivity index (χ1n) is 6.77. The molecule has 0 spiro atoms. The highest BCUT2D eigenvalue weighted by atomic mass is 16.1. The molecule has 1 aromatic heterocycles. The van der Waals surface area contributed by atoms with Crippen LogP contribution < -0.4 is 16.2 Å². The molecule has 2 atom stereocenters. The maximum atomic E-state index is 12.1. The van der Waals surface area contributed by atoms with Crippen LogP contribution in [0.5, 0.6) is 0 Å². The molecule has 0 bridgehead atoms. The van der Waals surface area contributed by atoms with Crippen molar-refractivity contribution in [2.24, 2.45) is 5.92 Å². The zero-order valence-electron chi connectivity index (χ0n) is 11.4. The smallest absolute Gasteiger partial charge is 0.252 e. The number of nitrogens with one attached hydrogen (secondary N) is 2. The van der Waals surface area contributed by atoms with E-state index in [1.807, 2.05) is 16.8 Å². The summed E-state index contributed by atoms with van der Waals surface area (Å²) in [5.74, 6) is 0.562. The van der Waals surface area contributed by atoms with Gasteiger partial charge in [-0.15, -0.1) is 0 Å². The Kier molecular flexibility index (Phi) is 4.07. The average Bonchev–Trinajstić information content (AvgIpc) is 2.80. The van der Waals surface area contributed by atoms with Gasteiger partial charge in [0.15, 0.2) is 0 Å². The molecule has 0 saturated carbocycles. The molecule has 2 rings (SSSR count). The molecule has 0 aromatic carbocycles. The number of anilines is 1. The minimum Gasteiger partial charge on any atom is -0.383 e. The van der Waals surface area contributed by atoms with Crippen LogP contribution in [0.15, 0.2) is 23.1 Å². The van der Waals surface area contributed by atoms with Crippen molar-refractivity contribution in [2.75, 3.05) is 18.4 Å². The van der Waals surface area contributed by atoms with Crippen LogP contribution in [0.3, 0.4) is 0 Å². The summed E-state index contributed by atoms with van der Waals surface area (Å²) in [6, 6.07) is 4.29. The van der Waals surface area contributed by atoms with Gasteiger partial charge in [-0.25, -0.2) is 0 Å². The summed E-state index contributed by atoms with van der Waals surface area (Å²) in [6.07, 6.45) is 3.07. The fourth-order valence-corrected chi connectivity index (χ4v) is 2.57. The van der Waals surface area contributed by atoms with Gasteiger partial charge in [-0.3, -0.25) is 4.79 Å². The van der Waals surface area contributed by atoms with Crippen LogP contribution in [-0.2, 0) is 0 Å². The molecule has 1 aliphatic rings. The molecule has 1 saturated heterocycles. The van der Waals surface area contributed by atoms with E-state index >= 15 is 0 Å². The first kappa shape index (κ1) is 13.1. The van der Waals surface area contributed by atoms with E-state index in [1.54, 1.807) is 6.07 Å². The topological polar surface area (TPSA) is 46.1 Å². The number of pyridine rings is 1. The van der Waals surface area contributed by atoms with Crippen molar-refractivity contribution < 1.29 is 0 Å². The lowest BCUT2D eigenvalue weighted by molar-refractivity contribution is 0.371. The third kappa shape index (κ3) is 2.93. The zero-order chi connectivity index (χ0) is 13.1. The molecule has 1 fully saturated rings. The van der Waals surface area contributed by atoms with Crippen molar-refractivity contribution in [1.82, 2.24) is 9.88 Å². The van der Waals surface area contributed by atoms with E-state index in [4.69, 9.17) is 0 Å². The maximum Gasteiger partial charge on any atom is 0.252 e. The van der Waals surface area contributed by atoms with Crippen molar-refractivity contribution in [1.29, 1.82) is 0 Å². The van der Waals surface area contributed by atoms with E-state index in [0.29, 0.717) is 12.0 Å². The minimum absolute atomic E-state index is 0.0834. The molecule has 0 radical (unpaired) electrons. The first-order valence-corrected chi connectivity index (χ1v) is 6.77. The SMILES string of the molecule is CC(C)Nc1ccn(C(C)C2CCNC2)c(=O)c1. The number of rotatable bonds is 4. The van der Waals surface area contributed by atoms with Gasteiger partial charge in [-0.2, -0.15) is 0 Å². The van der Waals surface area contributed by atoms with E-state index < -0.39 is 0 Å². The third-order valence-corrected chi connectivity index (χ3v) is 3.62. The largest absolute Gasteiger partial charge is 0.383 e. The predicted octanol–water partition coefficient (Wildman–Crippen LogP) is 1.84. The second-order valence-electron chi connectivity index (χ2n) is 5.45. The molecule has 2 heterocycles. The third-order valence-electron chi connectivity index (χ3n) is 3.62. The molecule has 18 heavy (non-hydrogen) atoms. The Morgan fingerprint density at radius 3 is 2.78 bits per heavy atom. The summed E-state index contributed by atoms with van der Waals surface area (Å²) >= 11 is 0. The van der Waals surface area contributed by atoms with E-state index in [-0.39, 0.29) is 11.6 Å².